The van der Waals surface area contributed by atoms with E-state index in [2.05, 4.69) is 31.0 Å². The van der Waals surface area contributed by atoms with Crippen LogP contribution in [0.3, 0.4) is 0 Å². The summed E-state index contributed by atoms with van der Waals surface area (Å²) >= 11 is 0. The molecule has 0 atom stereocenters. The molecule has 0 unspecified atom stereocenters. The first-order chi connectivity index (χ1) is 7.16. The fraction of sp³-hybridized carbons (Fsp3) is 0.154. The first-order valence-electron chi connectivity index (χ1n) is 4.93. The van der Waals surface area contributed by atoms with Gasteiger partial charge in [0.25, 0.3) is 0 Å². The van der Waals surface area contributed by atoms with E-state index in [1.807, 2.05) is 6.07 Å². The number of H-pyrrole nitrogens is 1. The average Bonchev–Trinajstić information content (AvgIpc) is 2.22. The molecular weight excluding hydrogens is 186 g/mol. The van der Waals surface area contributed by atoms with Gasteiger partial charge in [-0.1, -0.05) is 12.1 Å². The van der Waals surface area contributed by atoms with E-state index < -0.39 is 0 Å². The van der Waals surface area contributed by atoms with Gasteiger partial charge in [0.15, 0.2) is 5.43 Å². The molecule has 1 N–H and O–H groups in total. The highest BCUT2D eigenvalue weighted by molar-refractivity contribution is 5.60. The van der Waals surface area contributed by atoms with Crippen LogP contribution in [0.2, 0.25) is 0 Å². The molecule has 0 saturated heterocycles. The molecule has 0 aliphatic rings. The van der Waals surface area contributed by atoms with Gasteiger partial charge in [0.2, 0.25) is 0 Å². The molecular formula is C13H13NO. The van der Waals surface area contributed by atoms with Gasteiger partial charge in [-0.2, -0.15) is 0 Å². The second kappa shape index (κ2) is 3.73. The third-order valence-corrected chi connectivity index (χ3v) is 2.59. The van der Waals surface area contributed by atoms with Gasteiger partial charge in [0.1, 0.15) is 0 Å². The Morgan fingerprint density at radius 3 is 2.47 bits per heavy atom. The molecule has 1 aromatic carbocycles. The van der Waals surface area contributed by atoms with Crippen molar-refractivity contribution in [3.05, 3.63) is 57.9 Å². The predicted octanol–water partition coefficient (Wildman–Crippen LogP) is 2.66. The van der Waals surface area contributed by atoms with Crippen molar-refractivity contribution in [2.75, 3.05) is 0 Å². The van der Waals surface area contributed by atoms with Gasteiger partial charge in [-0.05, 0) is 36.6 Å². The Morgan fingerprint density at radius 1 is 1.00 bits per heavy atom. The number of rotatable bonds is 1. The van der Waals surface area contributed by atoms with Crippen LogP contribution in [-0.4, -0.2) is 4.98 Å². The predicted molar refractivity (Wildman–Crippen MR) is 62.0 cm³/mol. The van der Waals surface area contributed by atoms with Crippen LogP contribution in [0.15, 0.2) is 41.3 Å². The average molecular weight is 199 g/mol. The van der Waals surface area contributed by atoms with Gasteiger partial charge in [0.05, 0.1) is 0 Å². The quantitative estimate of drug-likeness (QED) is 0.752. The van der Waals surface area contributed by atoms with Crippen molar-refractivity contribution < 1.29 is 0 Å². The van der Waals surface area contributed by atoms with E-state index in [4.69, 9.17) is 0 Å². The number of hydrogen-bond donors (Lipinski definition) is 1. The second-order valence-corrected chi connectivity index (χ2v) is 3.74. The maximum absolute atomic E-state index is 11.2. The van der Waals surface area contributed by atoms with Crippen LogP contribution in [0.5, 0.6) is 0 Å². The molecule has 76 valence electrons. The van der Waals surface area contributed by atoms with Crippen LogP contribution in [0.25, 0.3) is 11.3 Å². The number of pyridine rings is 1. The van der Waals surface area contributed by atoms with Crippen LogP contribution < -0.4 is 5.43 Å². The van der Waals surface area contributed by atoms with Gasteiger partial charge in [0, 0.05) is 24.0 Å². The van der Waals surface area contributed by atoms with Gasteiger partial charge < -0.3 is 4.98 Å². The third kappa shape index (κ3) is 1.99. The van der Waals surface area contributed by atoms with E-state index in [0.717, 1.165) is 11.3 Å². The minimum Gasteiger partial charge on any atom is -0.361 e. The summed E-state index contributed by atoms with van der Waals surface area (Å²) in [4.78, 5) is 14.3. The van der Waals surface area contributed by atoms with Crippen molar-refractivity contribution in [1.29, 1.82) is 0 Å². The van der Waals surface area contributed by atoms with E-state index in [1.165, 1.54) is 17.2 Å². The first kappa shape index (κ1) is 9.71. The van der Waals surface area contributed by atoms with Gasteiger partial charge in [-0.15, -0.1) is 0 Å². The minimum atomic E-state index is 0.0296. The van der Waals surface area contributed by atoms with Crippen molar-refractivity contribution in [3.63, 3.8) is 0 Å². The van der Waals surface area contributed by atoms with Gasteiger partial charge in [-0.25, -0.2) is 0 Å². The molecule has 2 heteroatoms. The lowest BCUT2D eigenvalue weighted by atomic mass is 10.0. The summed E-state index contributed by atoms with van der Waals surface area (Å²) < 4.78 is 0. The summed E-state index contributed by atoms with van der Waals surface area (Å²) in [6, 6.07) is 9.30. The van der Waals surface area contributed by atoms with Crippen LogP contribution in [-0.2, 0) is 0 Å². The number of aromatic amines is 1. The standard InChI is InChI=1S/C13H13NO/c1-9-3-4-11(7-10(9)2)13-8-12(15)5-6-14-13/h3-8H,1-2H3,(H,14,15). The first-order valence-corrected chi connectivity index (χ1v) is 4.93. The third-order valence-electron chi connectivity index (χ3n) is 2.59. The van der Waals surface area contributed by atoms with Crippen LogP contribution in [0.4, 0.5) is 0 Å². The molecule has 15 heavy (non-hydrogen) atoms. The zero-order valence-electron chi connectivity index (χ0n) is 8.87. The SMILES string of the molecule is Cc1ccc(-c2cc(=O)cc[nH]2)cc1C. The summed E-state index contributed by atoms with van der Waals surface area (Å²) in [6.45, 7) is 4.15. The fourth-order valence-electron chi connectivity index (χ4n) is 1.52. The summed E-state index contributed by atoms with van der Waals surface area (Å²) in [6.07, 6.45) is 1.67. The highest BCUT2D eigenvalue weighted by atomic mass is 16.1. The van der Waals surface area contributed by atoms with Gasteiger partial charge >= 0.3 is 0 Å². The van der Waals surface area contributed by atoms with Crippen molar-refractivity contribution >= 4 is 0 Å². The van der Waals surface area contributed by atoms with Crippen molar-refractivity contribution in [1.82, 2.24) is 4.98 Å². The molecule has 2 nitrogen and oxygen atoms in total. The Morgan fingerprint density at radius 2 is 1.80 bits per heavy atom. The highest BCUT2D eigenvalue weighted by Crippen LogP contribution is 2.18. The Hall–Kier alpha value is -1.83. The Balaban J connectivity index is 2.55. The maximum atomic E-state index is 11.2. The normalized spacial score (nSPS) is 10.3. The molecule has 0 radical (unpaired) electrons. The number of aromatic nitrogens is 1. The zero-order valence-corrected chi connectivity index (χ0v) is 8.87. The Bertz CT molecular complexity index is 540. The smallest absolute Gasteiger partial charge is 0.182 e. The minimum absolute atomic E-state index is 0.0296. The molecule has 1 aromatic heterocycles. The highest BCUT2D eigenvalue weighted by Gasteiger charge is 2.00. The van der Waals surface area contributed by atoms with E-state index >= 15 is 0 Å². The number of hydrogen-bond acceptors (Lipinski definition) is 1. The summed E-state index contributed by atoms with van der Waals surface area (Å²) in [5.41, 5.74) is 4.44. The van der Waals surface area contributed by atoms with Crippen molar-refractivity contribution in [2.24, 2.45) is 0 Å². The van der Waals surface area contributed by atoms with E-state index in [1.54, 1.807) is 12.3 Å². The molecule has 0 spiro atoms. The van der Waals surface area contributed by atoms with Crippen LogP contribution >= 0.6 is 0 Å². The zero-order chi connectivity index (χ0) is 10.8. The van der Waals surface area contributed by atoms with E-state index in [9.17, 15) is 4.79 Å². The molecule has 2 rings (SSSR count). The second-order valence-electron chi connectivity index (χ2n) is 3.74. The lowest BCUT2D eigenvalue weighted by Crippen LogP contribution is -1.98. The summed E-state index contributed by atoms with van der Waals surface area (Å²) in [5.74, 6) is 0. The Labute approximate surface area is 88.6 Å². The maximum Gasteiger partial charge on any atom is 0.182 e. The van der Waals surface area contributed by atoms with Crippen LogP contribution in [0, 0.1) is 13.8 Å². The molecule has 0 amide bonds. The van der Waals surface area contributed by atoms with Crippen molar-refractivity contribution in [3.8, 4) is 11.3 Å². The summed E-state index contributed by atoms with van der Waals surface area (Å²) in [7, 11) is 0. The number of aryl methyl sites for hydroxylation is 2. The molecule has 2 aromatic rings. The summed E-state index contributed by atoms with van der Waals surface area (Å²) in [5, 5.41) is 0. The monoisotopic (exact) mass is 199 g/mol. The molecule has 0 saturated carbocycles. The molecule has 0 fully saturated rings. The topological polar surface area (TPSA) is 32.9 Å². The Kier molecular flexibility index (Phi) is 2.42. The number of benzene rings is 1. The van der Waals surface area contributed by atoms with Gasteiger partial charge in [-0.3, -0.25) is 4.79 Å². The number of nitrogens with one attached hydrogen (secondary N) is 1. The molecule has 0 aliphatic carbocycles. The largest absolute Gasteiger partial charge is 0.361 e. The fourth-order valence-corrected chi connectivity index (χ4v) is 1.52. The lowest BCUT2D eigenvalue weighted by Gasteiger charge is -2.04. The van der Waals surface area contributed by atoms with E-state index in [0.29, 0.717) is 0 Å². The van der Waals surface area contributed by atoms with Crippen molar-refractivity contribution in [2.45, 2.75) is 13.8 Å². The molecule has 1 heterocycles. The molecule has 0 aliphatic heterocycles. The molecule has 0 bridgehead atoms. The van der Waals surface area contributed by atoms with E-state index in [-0.39, 0.29) is 5.43 Å². The lowest BCUT2D eigenvalue weighted by molar-refractivity contribution is 1.28. The van der Waals surface area contributed by atoms with Crippen LogP contribution in [0.1, 0.15) is 11.1 Å².